The van der Waals surface area contributed by atoms with E-state index in [2.05, 4.69) is 132 Å². The third-order valence-electron chi connectivity index (χ3n) is 9.48. The molecule has 50 heavy (non-hydrogen) atoms. The topological polar surface area (TPSA) is 56.7 Å². The summed E-state index contributed by atoms with van der Waals surface area (Å²) in [6.45, 7) is 0. The Morgan fingerprint density at radius 1 is 0.400 bits per heavy atom. The number of nitrogens with zero attached hydrogens (tertiary/aromatic N) is 4. The third kappa shape index (κ3) is 4.52. The van der Waals surface area contributed by atoms with Crippen LogP contribution in [0.2, 0.25) is 0 Å². The van der Waals surface area contributed by atoms with Crippen molar-refractivity contribution in [3.63, 3.8) is 0 Å². The second-order valence-electron chi connectivity index (χ2n) is 12.4. The molecule has 7 aromatic carbocycles. The Labute approximate surface area is 287 Å². The van der Waals surface area contributed by atoms with Gasteiger partial charge in [0.05, 0.1) is 16.6 Å². The first-order valence-corrected chi connectivity index (χ1v) is 16.7. The average Bonchev–Trinajstić information content (AvgIpc) is 3.74. The van der Waals surface area contributed by atoms with E-state index in [0.717, 1.165) is 77.1 Å². The predicted octanol–water partition coefficient (Wildman–Crippen LogP) is 11.5. The Morgan fingerprint density at radius 2 is 1.02 bits per heavy atom. The van der Waals surface area contributed by atoms with Gasteiger partial charge in [0.2, 0.25) is 5.95 Å². The van der Waals surface area contributed by atoms with Gasteiger partial charge in [0.15, 0.2) is 11.6 Å². The maximum Gasteiger partial charge on any atom is 0.238 e. The highest BCUT2D eigenvalue weighted by atomic mass is 16.3. The third-order valence-corrected chi connectivity index (χ3v) is 9.48. The van der Waals surface area contributed by atoms with E-state index < -0.39 is 0 Å². The molecule has 5 nitrogen and oxygen atoms in total. The molecule has 0 aliphatic heterocycles. The number of para-hydroxylation sites is 2. The van der Waals surface area contributed by atoms with Crippen molar-refractivity contribution < 1.29 is 4.42 Å². The smallest absolute Gasteiger partial charge is 0.238 e. The van der Waals surface area contributed by atoms with Crippen molar-refractivity contribution >= 4 is 43.7 Å². The van der Waals surface area contributed by atoms with Crippen LogP contribution in [0.3, 0.4) is 0 Å². The van der Waals surface area contributed by atoms with E-state index in [9.17, 15) is 0 Å². The van der Waals surface area contributed by atoms with Crippen LogP contribution in [0.5, 0.6) is 0 Å². The molecule has 0 N–H and O–H groups in total. The zero-order chi connectivity index (χ0) is 33.0. The fourth-order valence-electron chi connectivity index (χ4n) is 7.18. The standard InChI is InChI=1S/C45H28N4O/c1-4-14-29(15-5-1)32-26-27-34-35-22-12-23-37(42(35)50-40(34)28-32)44-46-43(31-18-8-3-9-19-31)47-45(48-44)49-38-24-11-10-20-36(38)41-33(21-13-25-39(41)49)30-16-6-2-7-17-30/h1-28H. The molecule has 0 saturated heterocycles. The van der Waals surface area contributed by atoms with Crippen LogP contribution in [0.15, 0.2) is 174 Å². The van der Waals surface area contributed by atoms with Crippen molar-refractivity contribution in [2.24, 2.45) is 0 Å². The first kappa shape index (κ1) is 28.2. The molecule has 0 saturated carbocycles. The number of hydrogen-bond acceptors (Lipinski definition) is 4. The first-order chi connectivity index (χ1) is 24.8. The van der Waals surface area contributed by atoms with Crippen LogP contribution in [0, 0.1) is 0 Å². The van der Waals surface area contributed by atoms with Crippen LogP contribution in [0.25, 0.3) is 94.7 Å². The van der Waals surface area contributed by atoms with Gasteiger partial charge < -0.3 is 4.42 Å². The first-order valence-electron chi connectivity index (χ1n) is 16.7. The van der Waals surface area contributed by atoms with E-state index in [0.29, 0.717) is 17.6 Å². The van der Waals surface area contributed by atoms with E-state index in [-0.39, 0.29) is 0 Å². The van der Waals surface area contributed by atoms with Crippen molar-refractivity contribution in [1.29, 1.82) is 0 Å². The number of aromatic nitrogens is 4. The number of rotatable bonds is 5. The Kier molecular flexibility index (Phi) is 6.42. The molecule has 0 amide bonds. The summed E-state index contributed by atoms with van der Waals surface area (Å²) >= 11 is 0. The van der Waals surface area contributed by atoms with Crippen molar-refractivity contribution in [3.05, 3.63) is 170 Å². The normalized spacial score (nSPS) is 11.6. The van der Waals surface area contributed by atoms with E-state index in [1.807, 2.05) is 42.5 Å². The Morgan fingerprint density at radius 3 is 1.82 bits per heavy atom. The molecule has 0 radical (unpaired) electrons. The summed E-state index contributed by atoms with van der Waals surface area (Å²) in [5.74, 6) is 1.69. The van der Waals surface area contributed by atoms with Gasteiger partial charge in [-0.2, -0.15) is 9.97 Å². The Bertz CT molecular complexity index is 2860. The minimum absolute atomic E-state index is 0.546. The van der Waals surface area contributed by atoms with Crippen molar-refractivity contribution in [2.45, 2.75) is 0 Å². The zero-order valence-electron chi connectivity index (χ0n) is 26.9. The molecule has 0 aliphatic rings. The van der Waals surface area contributed by atoms with E-state index in [4.69, 9.17) is 19.4 Å². The highest BCUT2D eigenvalue weighted by Gasteiger charge is 2.21. The summed E-state index contributed by atoms with van der Waals surface area (Å²) in [7, 11) is 0. The summed E-state index contributed by atoms with van der Waals surface area (Å²) < 4.78 is 8.84. The predicted molar refractivity (Wildman–Crippen MR) is 203 cm³/mol. The molecular weight excluding hydrogens is 613 g/mol. The lowest BCUT2D eigenvalue weighted by Crippen LogP contribution is -2.06. The van der Waals surface area contributed by atoms with Crippen molar-refractivity contribution in [3.8, 4) is 51.0 Å². The summed E-state index contributed by atoms with van der Waals surface area (Å²) in [5.41, 5.74) is 9.92. The Balaban J connectivity index is 1.23. The van der Waals surface area contributed by atoms with Gasteiger partial charge in [0.1, 0.15) is 11.2 Å². The lowest BCUT2D eigenvalue weighted by molar-refractivity contribution is 0.669. The number of hydrogen-bond donors (Lipinski definition) is 0. The van der Waals surface area contributed by atoms with Crippen molar-refractivity contribution in [2.75, 3.05) is 0 Å². The van der Waals surface area contributed by atoms with Crippen LogP contribution in [-0.4, -0.2) is 19.5 Å². The molecule has 5 heteroatoms. The lowest BCUT2D eigenvalue weighted by atomic mass is 9.99. The zero-order valence-corrected chi connectivity index (χ0v) is 26.9. The van der Waals surface area contributed by atoms with Crippen molar-refractivity contribution in [1.82, 2.24) is 19.5 Å². The largest absolute Gasteiger partial charge is 0.455 e. The number of fused-ring (bicyclic) bond motifs is 6. The number of benzene rings is 7. The fraction of sp³-hybridized carbons (Fsp3) is 0. The summed E-state index contributed by atoms with van der Waals surface area (Å²) in [5, 5.41) is 4.37. The van der Waals surface area contributed by atoms with Gasteiger partial charge in [-0.25, -0.2) is 4.98 Å². The van der Waals surface area contributed by atoms with Gasteiger partial charge in [-0.1, -0.05) is 140 Å². The van der Waals surface area contributed by atoms with Gasteiger partial charge in [-0.05, 0) is 52.6 Å². The average molecular weight is 641 g/mol. The highest BCUT2D eigenvalue weighted by molar-refractivity contribution is 6.15. The monoisotopic (exact) mass is 640 g/mol. The lowest BCUT2D eigenvalue weighted by Gasteiger charge is -2.11. The molecule has 0 bridgehead atoms. The van der Waals surface area contributed by atoms with Gasteiger partial charge >= 0.3 is 0 Å². The molecule has 234 valence electrons. The molecule has 0 spiro atoms. The molecule has 0 aliphatic carbocycles. The summed E-state index contributed by atoms with van der Waals surface area (Å²) in [6, 6.07) is 58.5. The maximum atomic E-state index is 6.67. The maximum absolute atomic E-state index is 6.67. The van der Waals surface area contributed by atoms with Gasteiger partial charge in [0, 0.05) is 27.1 Å². The minimum Gasteiger partial charge on any atom is -0.455 e. The minimum atomic E-state index is 0.546. The molecule has 10 rings (SSSR count). The second kappa shape index (κ2) is 11.4. The number of furan rings is 1. The molecule has 0 fully saturated rings. The molecule has 3 aromatic heterocycles. The Hall–Kier alpha value is -6.85. The molecule has 10 aromatic rings. The van der Waals surface area contributed by atoms with Gasteiger partial charge in [0.25, 0.3) is 0 Å². The second-order valence-corrected chi connectivity index (χ2v) is 12.4. The highest BCUT2D eigenvalue weighted by Crippen LogP contribution is 2.40. The van der Waals surface area contributed by atoms with Gasteiger partial charge in [-0.15, -0.1) is 0 Å². The fourth-order valence-corrected chi connectivity index (χ4v) is 7.18. The quantitative estimate of drug-likeness (QED) is 0.188. The van der Waals surface area contributed by atoms with Crippen LogP contribution in [-0.2, 0) is 0 Å². The molecule has 0 atom stereocenters. The van der Waals surface area contributed by atoms with E-state index >= 15 is 0 Å². The summed E-state index contributed by atoms with van der Waals surface area (Å²) in [4.78, 5) is 15.5. The van der Waals surface area contributed by atoms with Crippen LogP contribution < -0.4 is 0 Å². The molecule has 3 heterocycles. The van der Waals surface area contributed by atoms with E-state index in [1.54, 1.807) is 0 Å². The SMILES string of the molecule is c1ccc(-c2ccc3c(c2)oc2c(-c4nc(-c5ccccc5)nc(-n5c6ccccc6c6c(-c7ccccc7)cccc65)n4)cccc23)cc1. The van der Waals surface area contributed by atoms with Crippen LogP contribution in [0.1, 0.15) is 0 Å². The van der Waals surface area contributed by atoms with Gasteiger partial charge in [-0.3, -0.25) is 4.57 Å². The van der Waals surface area contributed by atoms with Crippen LogP contribution >= 0.6 is 0 Å². The molecular formula is C45H28N4O. The summed E-state index contributed by atoms with van der Waals surface area (Å²) in [6.07, 6.45) is 0. The van der Waals surface area contributed by atoms with E-state index in [1.165, 1.54) is 0 Å². The van der Waals surface area contributed by atoms with Crippen LogP contribution in [0.4, 0.5) is 0 Å². The molecule has 0 unspecified atom stereocenters.